The standard InChI is InChI=1S/C30H36N6O/c1-35-16-5-8-24(35)20-37-30-33-28-18-22(26-10-4-7-21-6-2-3-9-25(21)26)11-12-27(28)29(34-30)36-17-15-32-23(19-36)13-14-31/h2-4,6-7,9-10,22-24,32H,5,8,11-13,15-20H2,1H3/t22-,23-,24-/m0/s1. The van der Waals surface area contributed by atoms with Crippen molar-refractivity contribution in [2.24, 2.45) is 0 Å². The van der Waals surface area contributed by atoms with E-state index in [0.29, 0.717) is 31.0 Å². The predicted molar refractivity (Wildman–Crippen MR) is 146 cm³/mol. The van der Waals surface area contributed by atoms with Gasteiger partial charge >= 0.3 is 6.01 Å². The maximum atomic E-state index is 9.26. The smallest absolute Gasteiger partial charge is 0.318 e. The minimum atomic E-state index is 0.160. The van der Waals surface area contributed by atoms with Gasteiger partial charge in [0.05, 0.1) is 18.2 Å². The molecule has 0 unspecified atom stereocenters. The molecule has 3 heterocycles. The van der Waals surface area contributed by atoms with E-state index in [1.807, 2.05) is 0 Å². The molecule has 2 fully saturated rings. The molecule has 3 aromatic rings. The summed E-state index contributed by atoms with van der Waals surface area (Å²) in [4.78, 5) is 14.7. The Hall–Kier alpha value is -3.21. The lowest BCUT2D eigenvalue weighted by Gasteiger charge is -2.36. The second kappa shape index (κ2) is 10.6. The zero-order valence-electron chi connectivity index (χ0n) is 21.7. The summed E-state index contributed by atoms with van der Waals surface area (Å²) in [5.41, 5.74) is 3.80. The van der Waals surface area contributed by atoms with Crippen LogP contribution in [-0.2, 0) is 12.8 Å². The number of nitrogens with zero attached hydrogens (tertiary/aromatic N) is 5. The van der Waals surface area contributed by atoms with Crippen molar-refractivity contribution in [3.8, 4) is 12.1 Å². The molecule has 192 valence electrons. The summed E-state index contributed by atoms with van der Waals surface area (Å²) < 4.78 is 6.28. The summed E-state index contributed by atoms with van der Waals surface area (Å²) in [6.07, 6.45) is 5.81. The maximum absolute atomic E-state index is 9.26. The lowest BCUT2D eigenvalue weighted by atomic mass is 9.80. The molecule has 3 aliphatic rings. The molecule has 0 radical (unpaired) electrons. The van der Waals surface area contributed by atoms with Gasteiger partial charge in [0.15, 0.2) is 0 Å². The highest BCUT2D eigenvalue weighted by Gasteiger charge is 2.31. The molecule has 7 nitrogen and oxygen atoms in total. The Morgan fingerprint density at radius 3 is 2.86 bits per heavy atom. The number of ether oxygens (including phenoxy) is 1. The number of nitriles is 1. The normalized spacial score (nSPS) is 24.1. The molecule has 0 spiro atoms. The zero-order chi connectivity index (χ0) is 25.2. The SMILES string of the molecule is CN1CCC[C@H]1COc1nc2c(c(N3CCN[C@@H](CC#N)C3)n1)CC[C@H](c1cccc3ccccc13)C2. The first-order valence-electron chi connectivity index (χ1n) is 13.8. The van der Waals surface area contributed by atoms with Crippen LogP contribution < -0.4 is 15.0 Å². The molecule has 1 aromatic heterocycles. The largest absolute Gasteiger partial charge is 0.462 e. The van der Waals surface area contributed by atoms with E-state index in [1.54, 1.807) is 0 Å². The quantitative estimate of drug-likeness (QED) is 0.551. The van der Waals surface area contributed by atoms with Crippen molar-refractivity contribution >= 4 is 16.6 Å². The Balaban J connectivity index is 1.32. The number of nitrogens with one attached hydrogen (secondary N) is 1. The van der Waals surface area contributed by atoms with E-state index in [4.69, 9.17) is 14.7 Å². The van der Waals surface area contributed by atoms with Crippen molar-refractivity contribution in [3.05, 3.63) is 59.3 Å². The third-order valence-electron chi connectivity index (χ3n) is 8.47. The molecule has 2 aliphatic heterocycles. The molecule has 1 N–H and O–H groups in total. The summed E-state index contributed by atoms with van der Waals surface area (Å²) >= 11 is 0. The number of rotatable bonds is 6. The van der Waals surface area contributed by atoms with Crippen LogP contribution in [0.3, 0.4) is 0 Å². The number of fused-ring (bicyclic) bond motifs is 2. The summed E-state index contributed by atoms with van der Waals surface area (Å²) in [6.45, 7) is 4.27. The number of likely N-dealkylation sites (N-methyl/N-ethyl adjacent to an activating group) is 1. The average molecular weight is 497 g/mol. The zero-order valence-corrected chi connectivity index (χ0v) is 21.7. The highest BCUT2D eigenvalue weighted by Crippen LogP contribution is 2.39. The third-order valence-corrected chi connectivity index (χ3v) is 8.47. The van der Waals surface area contributed by atoms with E-state index in [9.17, 15) is 5.26 Å². The lowest BCUT2D eigenvalue weighted by Crippen LogP contribution is -2.51. The van der Waals surface area contributed by atoms with Crippen LogP contribution in [0.1, 0.15) is 48.4 Å². The van der Waals surface area contributed by atoms with Crippen LogP contribution in [0.25, 0.3) is 10.8 Å². The van der Waals surface area contributed by atoms with Crippen molar-refractivity contribution in [2.75, 3.05) is 44.7 Å². The molecule has 2 aromatic carbocycles. The van der Waals surface area contributed by atoms with Gasteiger partial charge in [-0.05, 0) is 68.0 Å². The minimum Gasteiger partial charge on any atom is -0.462 e. The van der Waals surface area contributed by atoms with Gasteiger partial charge in [-0.3, -0.25) is 0 Å². The molecule has 37 heavy (non-hydrogen) atoms. The van der Waals surface area contributed by atoms with E-state index in [0.717, 1.165) is 63.4 Å². The molecular weight excluding hydrogens is 460 g/mol. The van der Waals surface area contributed by atoms with Gasteiger partial charge in [-0.2, -0.15) is 15.2 Å². The van der Waals surface area contributed by atoms with Crippen LogP contribution in [0, 0.1) is 11.3 Å². The Morgan fingerprint density at radius 2 is 2.00 bits per heavy atom. The first-order valence-corrected chi connectivity index (χ1v) is 13.8. The van der Waals surface area contributed by atoms with Crippen LogP contribution in [0.4, 0.5) is 5.82 Å². The van der Waals surface area contributed by atoms with Crippen molar-refractivity contribution < 1.29 is 4.74 Å². The number of aromatic nitrogens is 2. The number of benzene rings is 2. The molecule has 2 saturated heterocycles. The van der Waals surface area contributed by atoms with Gasteiger partial charge in [0.25, 0.3) is 0 Å². The molecular formula is C30H36N6O. The van der Waals surface area contributed by atoms with Crippen LogP contribution in [0.2, 0.25) is 0 Å². The summed E-state index contributed by atoms with van der Waals surface area (Å²) in [6, 6.07) is 18.8. The number of hydrogen-bond acceptors (Lipinski definition) is 7. The first-order chi connectivity index (χ1) is 18.2. The van der Waals surface area contributed by atoms with Gasteiger partial charge in [-0.25, -0.2) is 0 Å². The fraction of sp³-hybridized carbons (Fsp3) is 0.500. The second-order valence-electron chi connectivity index (χ2n) is 10.8. The number of likely N-dealkylation sites (tertiary alicyclic amines) is 1. The lowest BCUT2D eigenvalue weighted by molar-refractivity contribution is 0.187. The monoisotopic (exact) mass is 496 g/mol. The number of hydrogen-bond donors (Lipinski definition) is 1. The Bertz CT molecular complexity index is 1300. The predicted octanol–water partition coefficient (Wildman–Crippen LogP) is 4.07. The van der Waals surface area contributed by atoms with Gasteiger partial charge in [0.2, 0.25) is 0 Å². The van der Waals surface area contributed by atoms with Crippen LogP contribution in [0.5, 0.6) is 6.01 Å². The van der Waals surface area contributed by atoms with Crippen molar-refractivity contribution in [2.45, 2.75) is 56.5 Å². The van der Waals surface area contributed by atoms with E-state index >= 15 is 0 Å². The third kappa shape index (κ3) is 5.01. The van der Waals surface area contributed by atoms with Gasteiger partial charge in [0, 0.05) is 37.3 Å². The van der Waals surface area contributed by atoms with E-state index < -0.39 is 0 Å². The molecule has 7 heteroatoms. The van der Waals surface area contributed by atoms with E-state index in [-0.39, 0.29) is 6.04 Å². The molecule has 0 saturated carbocycles. The summed E-state index contributed by atoms with van der Waals surface area (Å²) in [5, 5.41) is 15.4. The Kier molecular flexibility index (Phi) is 6.95. The Morgan fingerprint density at radius 1 is 1.11 bits per heavy atom. The van der Waals surface area contributed by atoms with Gasteiger partial charge in [-0.15, -0.1) is 0 Å². The number of piperazine rings is 1. The van der Waals surface area contributed by atoms with Crippen molar-refractivity contribution in [3.63, 3.8) is 0 Å². The maximum Gasteiger partial charge on any atom is 0.318 e. The summed E-state index contributed by atoms with van der Waals surface area (Å²) in [5.74, 6) is 1.44. The van der Waals surface area contributed by atoms with Crippen molar-refractivity contribution in [1.82, 2.24) is 20.2 Å². The highest BCUT2D eigenvalue weighted by atomic mass is 16.5. The Labute approximate surface area is 219 Å². The van der Waals surface area contributed by atoms with Crippen LogP contribution in [0.15, 0.2) is 42.5 Å². The second-order valence-corrected chi connectivity index (χ2v) is 10.8. The summed E-state index contributed by atoms with van der Waals surface area (Å²) in [7, 11) is 2.17. The minimum absolute atomic E-state index is 0.160. The first kappa shape index (κ1) is 24.1. The van der Waals surface area contributed by atoms with Crippen LogP contribution >= 0.6 is 0 Å². The van der Waals surface area contributed by atoms with E-state index in [2.05, 4.69) is 70.7 Å². The fourth-order valence-corrected chi connectivity index (χ4v) is 6.40. The fourth-order valence-electron chi connectivity index (χ4n) is 6.40. The van der Waals surface area contributed by atoms with Gasteiger partial charge in [0.1, 0.15) is 12.4 Å². The van der Waals surface area contributed by atoms with Gasteiger partial charge in [-0.1, -0.05) is 42.5 Å². The molecule has 3 atom stereocenters. The van der Waals surface area contributed by atoms with E-state index in [1.165, 1.54) is 28.3 Å². The molecule has 0 bridgehead atoms. The van der Waals surface area contributed by atoms with Crippen molar-refractivity contribution in [1.29, 1.82) is 5.26 Å². The molecule has 6 rings (SSSR count). The van der Waals surface area contributed by atoms with Crippen LogP contribution in [-0.4, -0.2) is 66.8 Å². The van der Waals surface area contributed by atoms with Gasteiger partial charge < -0.3 is 19.9 Å². The highest BCUT2D eigenvalue weighted by molar-refractivity contribution is 5.86. The molecule has 1 aliphatic carbocycles. The molecule has 0 amide bonds. The topological polar surface area (TPSA) is 77.3 Å². The average Bonchev–Trinajstić information content (AvgIpc) is 3.35. The number of anilines is 1.